The molecule has 2 aromatic heterocycles. The Hall–Kier alpha value is -2.48. The number of hydrogen-bond donors (Lipinski definition) is 1. The summed E-state index contributed by atoms with van der Waals surface area (Å²) in [5, 5.41) is 4.44. The molecule has 2 heterocycles. The van der Waals surface area contributed by atoms with Crippen LogP contribution in [0.5, 0.6) is 0 Å². The minimum absolute atomic E-state index is 0.00661. The molecule has 4 rings (SSSR count). The number of nitrogens with zero attached hydrogens (tertiary/aromatic N) is 3. The van der Waals surface area contributed by atoms with Gasteiger partial charge in [-0.3, -0.25) is 4.72 Å². The lowest BCUT2D eigenvalue weighted by molar-refractivity contribution is 0.402. The van der Waals surface area contributed by atoms with E-state index in [-0.39, 0.29) is 10.5 Å². The van der Waals surface area contributed by atoms with Crippen molar-refractivity contribution in [2.24, 2.45) is 0 Å². The van der Waals surface area contributed by atoms with Gasteiger partial charge in [-0.15, -0.1) is 0 Å². The van der Waals surface area contributed by atoms with Crippen molar-refractivity contribution in [2.45, 2.75) is 37.0 Å². The molecule has 0 spiro atoms. The topological polar surface area (TPSA) is 76.4 Å². The van der Waals surface area contributed by atoms with Crippen LogP contribution in [0.2, 0.25) is 0 Å². The highest BCUT2D eigenvalue weighted by Gasteiger charge is 2.25. The van der Waals surface area contributed by atoms with Crippen molar-refractivity contribution in [1.82, 2.24) is 14.6 Å². The van der Waals surface area contributed by atoms with Gasteiger partial charge in [0.15, 0.2) is 11.5 Å². The summed E-state index contributed by atoms with van der Waals surface area (Å²) in [6.07, 6.45) is 5.04. The van der Waals surface area contributed by atoms with E-state index in [9.17, 15) is 12.8 Å². The lowest BCUT2D eigenvalue weighted by atomic mass is 9.85. The van der Waals surface area contributed by atoms with Crippen LogP contribution in [0, 0.1) is 12.7 Å². The van der Waals surface area contributed by atoms with Gasteiger partial charge in [-0.25, -0.2) is 22.3 Å². The number of aromatic nitrogens is 3. The van der Waals surface area contributed by atoms with E-state index >= 15 is 0 Å². The molecule has 0 atom stereocenters. The molecule has 0 radical (unpaired) electrons. The lowest BCUT2D eigenvalue weighted by Gasteiger charge is -2.21. The summed E-state index contributed by atoms with van der Waals surface area (Å²) in [6, 6.07) is 7.05. The van der Waals surface area contributed by atoms with E-state index in [1.165, 1.54) is 25.5 Å². The Morgan fingerprint density at radius 1 is 1.28 bits per heavy atom. The van der Waals surface area contributed by atoms with Crippen LogP contribution in [0.15, 0.2) is 41.4 Å². The van der Waals surface area contributed by atoms with Gasteiger partial charge in [0.05, 0.1) is 10.6 Å². The van der Waals surface area contributed by atoms with Crippen molar-refractivity contribution in [2.75, 3.05) is 4.72 Å². The van der Waals surface area contributed by atoms with E-state index < -0.39 is 15.8 Å². The number of anilines is 1. The van der Waals surface area contributed by atoms with Crippen LogP contribution in [0.4, 0.5) is 10.1 Å². The van der Waals surface area contributed by atoms with Crippen LogP contribution < -0.4 is 4.72 Å². The van der Waals surface area contributed by atoms with Crippen molar-refractivity contribution >= 4 is 21.4 Å². The second-order valence-electron chi connectivity index (χ2n) is 6.30. The van der Waals surface area contributed by atoms with Crippen LogP contribution in [-0.2, 0) is 10.0 Å². The molecule has 8 heteroatoms. The maximum absolute atomic E-state index is 13.4. The Labute approximate surface area is 144 Å². The molecular weight excluding hydrogens is 343 g/mol. The Balaban J connectivity index is 1.71. The first-order valence-corrected chi connectivity index (χ1v) is 9.56. The first kappa shape index (κ1) is 16.0. The second kappa shape index (κ2) is 5.80. The van der Waals surface area contributed by atoms with E-state index in [1.807, 2.05) is 0 Å². The summed E-state index contributed by atoms with van der Waals surface area (Å²) in [6.45, 7) is 1.53. The quantitative estimate of drug-likeness (QED) is 0.775. The minimum atomic E-state index is -3.84. The fourth-order valence-corrected chi connectivity index (χ4v) is 3.98. The van der Waals surface area contributed by atoms with Gasteiger partial charge in [0, 0.05) is 12.1 Å². The average Bonchev–Trinajstić information content (AvgIpc) is 2.92. The molecule has 1 saturated carbocycles. The summed E-state index contributed by atoms with van der Waals surface area (Å²) in [4.78, 5) is 4.52. The van der Waals surface area contributed by atoms with Gasteiger partial charge < -0.3 is 0 Å². The number of aryl methyl sites for hydroxylation is 1. The molecule has 1 aromatic carbocycles. The van der Waals surface area contributed by atoms with Gasteiger partial charge in [0.25, 0.3) is 10.0 Å². The maximum atomic E-state index is 13.4. The Bertz CT molecular complexity index is 1060. The van der Waals surface area contributed by atoms with E-state index in [0.29, 0.717) is 17.3 Å². The highest BCUT2D eigenvalue weighted by molar-refractivity contribution is 7.92. The molecule has 130 valence electrons. The summed E-state index contributed by atoms with van der Waals surface area (Å²) in [7, 11) is -3.84. The molecule has 6 nitrogen and oxygen atoms in total. The number of sulfonamides is 1. The fraction of sp³-hybridized carbons (Fsp3) is 0.294. The molecule has 1 fully saturated rings. The molecule has 1 aliphatic rings. The SMILES string of the molecule is Cc1cc(S(=O)(=O)Nc2cccn3nc(C4CCC4)nc23)ccc1F. The van der Waals surface area contributed by atoms with Gasteiger partial charge in [0.1, 0.15) is 5.82 Å². The lowest BCUT2D eigenvalue weighted by Crippen LogP contribution is -2.14. The molecule has 1 aliphatic carbocycles. The van der Waals surface area contributed by atoms with E-state index in [2.05, 4.69) is 14.8 Å². The van der Waals surface area contributed by atoms with Gasteiger partial charge in [-0.1, -0.05) is 6.42 Å². The van der Waals surface area contributed by atoms with Crippen LogP contribution in [0.3, 0.4) is 0 Å². The molecule has 25 heavy (non-hydrogen) atoms. The van der Waals surface area contributed by atoms with E-state index in [4.69, 9.17) is 0 Å². The number of halogens is 1. The molecule has 0 amide bonds. The molecule has 0 unspecified atom stereocenters. The third-order valence-electron chi connectivity index (χ3n) is 4.53. The van der Waals surface area contributed by atoms with Crippen LogP contribution >= 0.6 is 0 Å². The first-order valence-electron chi connectivity index (χ1n) is 8.08. The Kier molecular flexibility index (Phi) is 3.72. The maximum Gasteiger partial charge on any atom is 0.262 e. The first-order chi connectivity index (χ1) is 11.9. The van der Waals surface area contributed by atoms with Crippen LogP contribution in [0.1, 0.15) is 36.6 Å². The molecular formula is C17H17FN4O2S. The van der Waals surface area contributed by atoms with Crippen molar-refractivity contribution in [3.63, 3.8) is 0 Å². The normalized spacial score (nSPS) is 15.3. The molecule has 0 aliphatic heterocycles. The van der Waals surface area contributed by atoms with E-state index in [1.54, 1.807) is 22.8 Å². The van der Waals surface area contributed by atoms with Gasteiger partial charge in [-0.05, 0) is 55.7 Å². The van der Waals surface area contributed by atoms with Crippen molar-refractivity contribution in [1.29, 1.82) is 0 Å². The summed E-state index contributed by atoms with van der Waals surface area (Å²) < 4.78 is 42.8. The Morgan fingerprint density at radius 2 is 2.08 bits per heavy atom. The predicted octanol–water partition coefficient (Wildman–Crippen LogP) is 3.25. The van der Waals surface area contributed by atoms with Crippen molar-refractivity contribution in [3.05, 3.63) is 53.7 Å². The number of pyridine rings is 1. The van der Waals surface area contributed by atoms with Crippen LogP contribution in [-0.4, -0.2) is 23.0 Å². The number of fused-ring (bicyclic) bond motifs is 1. The molecule has 1 N–H and O–H groups in total. The summed E-state index contributed by atoms with van der Waals surface area (Å²) in [5.41, 5.74) is 1.09. The molecule has 3 aromatic rings. The highest BCUT2D eigenvalue weighted by atomic mass is 32.2. The Morgan fingerprint density at radius 3 is 2.76 bits per heavy atom. The van der Waals surface area contributed by atoms with Crippen molar-refractivity contribution < 1.29 is 12.8 Å². The smallest absolute Gasteiger partial charge is 0.262 e. The number of benzene rings is 1. The zero-order valence-electron chi connectivity index (χ0n) is 13.6. The average molecular weight is 360 g/mol. The summed E-state index contributed by atoms with van der Waals surface area (Å²) >= 11 is 0. The number of nitrogens with one attached hydrogen (secondary N) is 1. The second-order valence-corrected chi connectivity index (χ2v) is 7.99. The van der Waals surface area contributed by atoms with E-state index in [0.717, 1.165) is 24.7 Å². The van der Waals surface area contributed by atoms with Crippen LogP contribution in [0.25, 0.3) is 5.65 Å². The van der Waals surface area contributed by atoms with Gasteiger partial charge in [0.2, 0.25) is 0 Å². The largest absolute Gasteiger partial charge is 0.276 e. The third kappa shape index (κ3) is 2.86. The zero-order chi connectivity index (χ0) is 17.6. The molecule has 0 saturated heterocycles. The van der Waals surface area contributed by atoms with Gasteiger partial charge in [-0.2, -0.15) is 5.10 Å². The predicted molar refractivity (Wildman–Crippen MR) is 91.5 cm³/mol. The summed E-state index contributed by atoms with van der Waals surface area (Å²) in [5.74, 6) is 0.656. The number of hydrogen-bond acceptors (Lipinski definition) is 4. The van der Waals surface area contributed by atoms with Crippen molar-refractivity contribution in [3.8, 4) is 0 Å². The monoisotopic (exact) mass is 360 g/mol. The zero-order valence-corrected chi connectivity index (χ0v) is 14.4. The third-order valence-corrected chi connectivity index (χ3v) is 5.90. The highest BCUT2D eigenvalue weighted by Crippen LogP contribution is 2.35. The van der Waals surface area contributed by atoms with Gasteiger partial charge >= 0.3 is 0 Å². The fourth-order valence-electron chi connectivity index (χ4n) is 2.83. The number of rotatable bonds is 4. The molecule has 0 bridgehead atoms. The minimum Gasteiger partial charge on any atom is -0.276 e. The standard InChI is InChI=1S/C17H17FN4O2S/c1-11-10-13(7-8-14(11)18)25(23,24)21-15-6-3-9-22-17(15)19-16(20-22)12-4-2-5-12/h3,6-10,12,21H,2,4-5H2,1H3.